The number of thiocarbonyl (C=S) groups is 1. The second-order valence-electron chi connectivity index (χ2n) is 4.78. The van der Waals surface area contributed by atoms with Gasteiger partial charge in [-0.05, 0) is 31.2 Å². The number of rotatable bonds is 5. The molecular formula is C14H18N2OS. The zero-order valence-electron chi connectivity index (χ0n) is 10.3. The molecule has 0 radical (unpaired) electrons. The molecule has 3 N–H and O–H groups in total. The first-order chi connectivity index (χ1) is 8.66. The largest absolute Gasteiger partial charge is 0.393 e. The fraction of sp³-hybridized carbons (Fsp3) is 0.429. The maximum Gasteiger partial charge on any atom is 0.230 e. The van der Waals surface area contributed by atoms with Gasteiger partial charge in [-0.25, -0.2) is 0 Å². The molecule has 0 bridgehead atoms. The highest BCUT2D eigenvalue weighted by Gasteiger charge is 2.26. The van der Waals surface area contributed by atoms with Crippen LogP contribution in [0.15, 0.2) is 30.3 Å². The third-order valence-electron chi connectivity index (χ3n) is 3.39. The maximum absolute atomic E-state index is 12.1. The number of benzene rings is 1. The van der Waals surface area contributed by atoms with Gasteiger partial charge < -0.3 is 11.1 Å². The van der Waals surface area contributed by atoms with Gasteiger partial charge in [-0.2, -0.15) is 0 Å². The Morgan fingerprint density at radius 2 is 2.06 bits per heavy atom. The van der Waals surface area contributed by atoms with Crippen LogP contribution in [0.25, 0.3) is 0 Å². The Labute approximate surface area is 113 Å². The molecule has 0 spiro atoms. The van der Waals surface area contributed by atoms with Crippen molar-refractivity contribution in [2.75, 3.05) is 0 Å². The van der Waals surface area contributed by atoms with E-state index in [1.54, 1.807) is 0 Å². The Morgan fingerprint density at radius 1 is 1.39 bits per heavy atom. The quantitative estimate of drug-likeness (QED) is 0.796. The van der Waals surface area contributed by atoms with Crippen LogP contribution in [-0.4, -0.2) is 16.9 Å². The Hall–Kier alpha value is -1.42. The average molecular weight is 262 g/mol. The third-order valence-corrected chi connectivity index (χ3v) is 3.68. The van der Waals surface area contributed by atoms with Crippen molar-refractivity contribution in [3.8, 4) is 0 Å². The predicted octanol–water partition coefficient (Wildman–Crippen LogP) is 1.80. The van der Waals surface area contributed by atoms with Crippen LogP contribution in [0.4, 0.5) is 0 Å². The van der Waals surface area contributed by atoms with Gasteiger partial charge in [0.2, 0.25) is 5.91 Å². The van der Waals surface area contributed by atoms with Gasteiger partial charge in [-0.15, -0.1) is 0 Å². The van der Waals surface area contributed by atoms with E-state index in [4.69, 9.17) is 18.0 Å². The van der Waals surface area contributed by atoms with Gasteiger partial charge in [-0.1, -0.05) is 42.5 Å². The van der Waals surface area contributed by atoms with Crippen LogP contribution in [0.1, 0.15) is 24.8 Å². The summed E-state index contributed by atoms with van der Waals surface area (Å²) in [6.45, 7) is 0. The van der Waals surface area contributed by atoms with E-state index < -0.39 is 5.92 Å². The topological polar surface area (TPSA) is 55.1 Å². The molecule has 0 saturated heterocycles. The van der Waals surface area contributed by atoms with E-state index in [9.17, 15) is 4.79 Å². The fourth-order valence-corrected chi connectivity index (χ4v) is 2.22. The van der Waals surface area contributed by atoms with Crippen molar-refractivity contribution in [1.29, 1.82) is 0 Å². The number of nitrogens with two attached hydrogens (primary N) is 1. The Kier molecular flexibility index (Phi) is 4.31. The summed E-state index contributed by atoms with van der Waals surface area (Å²) in [7, 11) is 0. The summed E-state index contributed by atoms with van der Waals surface area (Å²) >= 11 is 5.02. The summed E-state index contributed by atoms with van der Waals surface area (Å²) in [5.74, 6) is -0.431. The molecule has 1 aromatic carbocycles. The summed E-state index contributed by atoms with van der Waals surface area (Å²) in [5, 5.41) is 3.01. The molecule has 1 amide bonds. The van der Waals surface area contributed by atoms with Crippen LogP contribution in [0.3, 0.4) is 0 Å². The van der Waals surface area contributed by atoms with E-state index in [2.05, 4.69) is 5.32 Å². The standard InChI is InChI=1S/C14H18N2OS/c15-13(18)12(9-10-5-2-1-3-6-10)14(17)16-11-7-4-8-11/h1-3,5-6,11-12H,4,7-9H2,(H2,15,18)(H,16,17). The van der Waals surface area contributed by atoms with Crippen molar-refractivity contribution >= 4 is 23.1 Å². The van der Waals surface area contributed by atoms with E-state index >= 15 is 0 Å². The molecule has 1 aromatic rings. The first-order valence-corrected chi connectivity index (χ1v) is 6.71. The van der Waals surface area contributed by atoms with E-state index in [0.29, 0.717) is 12.5 Å². The van der Waals surface area contributed by atoms with Gasteiger partial charge in [0, 0.05) is 6.04 Å². The number of nitrogens with one attached hydrogen (secondary N) is 1. The van der Waals surface area contributed by atoms with Crippen molar-refractivity contribution < 1.29 is 4.79 Å². The summed E-state index contributed by atoms with van der Waals surface area (Å²) in [4.78, 5) is 12.4. The SMILES string of the molecule is NC(=S)C(Cc1ccccc1)C(=O)NC1CCC1. The van der Waals surface area contributed by atoms with Crippen molar-refractivity contribution in [3.05, 3.63) is 35.9 Å². The van der Waals surface area contributed by atoms with Gasteiger partial charge in [0.05, 0.1) is 10.9 Å². The van der Waals surface area contributed by atoms with Crippen LogP contribution in [0.5, 0.6) is 0 Å². The highest BCUT2D eigenvalue weighted by molar-refractivity contribution is 7.80. The van der Waals surface area contributed by atoms with Crippen LogP contribution < -0.4 is 11.1 Å². The van der Waals surface area contributed by atoms with E-state index in [0.717, 1.165) is 18.4 Å². The summed E-state index contributed by atoms with van der Waals surface area (Å²) in [5.41, 5.74) is 6.77. The van der Waals surface area contributed by atoms with E-state index in [1.807, 2.05) is 30.3 Å². The van der Waals surface area contributed by atoms with E-state index in [1.165, 1.54) is 6.42 Å². The van der Waals surface area contributed by atoms with Crippen LogP contribution in [0.2, 0.25) is 0 Å². The Bertz CT molecular complexity index is 429. The van der Waals surface area contributed by atoms with Gasteiger partial charge in [0.15, 0.2) is 0 Å². The smallest absolute Gasteiger partial charge is 0.230 e. The minimum Gasteiger partial charge on any atom is -0.393 e. The monoisotopic (exact) mass is 262 g/mol. The molecule has 3 nitrogen and oxygen atoms in total. The molecule has 1 aliphatic rings. The van der Waals surface area contributed by atoms with Gasteiger partial charge in [-0.3, -0.25) is 4.79 Å². The zero-order chi connectivity index (χ0) is 13.0. The summed E-state index contributed by atoms with van der Waals surface area (Å²) in [6.07, 6.45) is 3.92. The second kappa shape index (κ2) is 5.96. The number of hydrogen-bond acceptors (Lipinski definition) is 2. The Balaban J connectivity index is 1.98. The molecule has 1 aliphatic carbocycles. The van der Waals surface area contributed by atoms with Crippen molar-refractivity contribution in [3.63, 3.8) is 0 Å². The first kappa shape index (κ1) is 13.0. The molecule has 1 saturated carbocycles. The number of carbonyl (C=O) groups is 1. The lowest BCUT2D eigenvalue weighted by Crippen LogP contribution is -2.46. The normalized spacial score (nSPS) is 16.7. The van der Waals surface area contributed by atoms with Gasteiger partial charge in [0.25, 0.3) is 0 Å². The van der Waals surface area contributed by atoms with Crippen molar-refractivity contribution in [1.82, 2.24) is 5.32 Å². The molecular weight excluding hydrogens is 244 g/mol. The first-order valence-electron chi connectivity index (χ1n) is 6.30. The van der Waals surface area contributed by atoms with Gasteiger partial charge >= 0.3 is 0 Å². The minimum atomic E-state index is -0.400. The lowest BCUT2D eigenvalue weighted by molar-refractivity contribution is -0.124. The predicted molar refractivity (Wildman–Crippen MR) is 76.2 cm³/mol. The van der Waals surface area contributed by atoms with Crippen molar-refractivity contribution in [2.45, 2.75) is 31.7 Å². The molecule has 96 valence electrons. The molecule has 1 atom stereocenters. The fourth-order valence-electron chi connectivity index (χ4n) is 2.03. The highest BCUT2D eigenvalue weighted by atomic mass is 32.1. The average Bonchev–Trinajstić information content (AvgIpc) is 2.31. The molecule has 1 unspecified atom stereocenters. The molecule has 0 aliphatic heterocycles. The number of amides is 1. The molecule has 0 aromatic heterocycles. The molecule has 1 fully saturated rings. The summed E-state index contributed by atoms with van der Waals surface area (Å²) < 4.78 is 0. The van der Waals surface area contributed by atoms with Crippen LogP contribution in [-0.2, 0) is 11.2 Å². The van der Waals surface area contributed by atoms with Crippen LogP contribution >= 0.6 is 12.2 Å². The molecule has 4 heteroatoms. The number of hydrogen-bond donors (Lipinski definition) is 2. The molecule has 0 heterocycles. The maximum atomic E-state index is 12.1. The lowest BCUT2D eigenvalue weighted by atomic mass is 9.91. The minimum absolute atomic E-state index is 0.0314. The van der Waals surface area contributed by atoms with E-state index in [-0.39, 0.29) is 10.9 Å². The zero-order valence-corrected chi connectivity index (χ0v) is 11.1. The lowest BCUT2D eigenvalue weighted by Gasteiger charge is -2.28. The second-order valence-corrected chi connectivity index (χ2v) is 5.25. The highest BCUT2D eigenvalue weighted by Crippen LogP contribution is 2.19. The summed E-state index contributed by atoms with van der Waals surface area (Å²) in [6, 6.07) is 10.2. The van der Waals surface area contributed by atoms with Crippen molar-refractivity contribution in [2.24, 2.45) is 11.7 Å². The van der Waals surface area contributed by atoms with Crippen LogP contribution in [0, 0.1) is 5.92 Å². The molecule has 2 rings (SSSR count). The van der Waals surface area contributed by atoms with Gasteiger partial charge in [0.1, 0.15) is 0 Å². The third kappa shape index (κ3) is 3.29. The molecule has 18 heavy (non-hydrogen) atoms. The number of carbonyl (C=O) groups excluding carboxylic acids is 1. The Morgan fingerprint density at radius 3 is 2.56 bits per heavy atom.